The van der Waals surface area contributed by atoms with Gasteiger partial charge in [0.05, 0.1) is 7.11 Å². The standard InChI is InChI=1S/C12H12ClNO2S2/c1-14(11-10(13)12(15)18-17-11)7-8-3-5-9(16-2)6-4-8/h3-6H,7H2,1-2H3. The van der Waals surface area contributed by atoms with Gasteiger partial charge >= 0.3 is 0 Å². The number of hydrogen-bond donors (Lipinski definition) is 0. The van der Waals surface area contributed by atoms with E-state index in [4.69, 9.17) is 16.3 Å². The van der Waals surface area contributed by atoms with E-state index in [0.717, 1.165) is 16.3 Å². The van der Waals surface area contributed by atoms with Crippen molar-refractivity contribution in [1.29, 1.82) is 0 Å². The van der Waals surface area contributed by atoms with E-state index in [1.807, 2.05) is 36.2 Å². The fraction of sp³-hybridized carbons (Fsp3) is 0.250. The molecule has 2 rings (SSSR count). The predicted molar refractivity (Wildman–Crippen MR) is 78.6 cm³/mol. The van der Waals surface area contributed by atoms with E-state index in [1.165, 1.54) is 20.7 Å². The fourth-order valence-electron chi connectivity index (χ4n) is 1.55. The molecule has 0 amide bonds. The molecule has 18 heavy (non-hydrogen) atoms. The second-order valence-corrected chi connectivity index (χ2v) is 6.25. The number of nitrogens with zero attached hydrogens (tertiary/aromatic N) is 1. The highest BCUT2D eigenvalue weighted by Gasteiger charge is 2.12. The van der Waals surface area contributed by atoms with Gasteiger partial charge in [0.15, 0.2) is 0 Å². The van der Waals surface area contributed by atoms with Crippen molar-refractivity contribution in [3.05, 3.63) is 44.4 Å². The third-order valence-corrected chi connectivity index (χ3v) is 5.35. The van der Waals surface area contributed by atoms with Gasteiger partial charge in [-0.3, -0.25) is 4.79 Å². The first-order valence-electron chi connectivity index (χ1n) is 5.24. The predicted octanol–water partition coefficient (Wildman–Crippen LogP) is 3.47. The van der Waals surface area contributed by atoms with Crippen LogP contribution in [0.15, 0.2) is 29.1 Å². The molecule has 2 aromatic rings. The van der Waals surface area contributed by atoms with Crippen LogP contribution in [0, 0.1) is 0 Å². The van der Waals surface area contributed by atoms with Crippen molar-refractivity contribution in [3.63, 3.8) is 0 Å². The van der Waals surface area contributed by atoms with Gasteiger partial charge in [-0.25, -0.2) is 0 Å². The fourth-order valence-corrected chi connectivity index (χ4v) is 4.29. The zero-order valence-corrected chi connectivity index (χ0v) is 12.4. The number of methoxy groups -OCH3 is 1. The van der Waals surface area contributed by atoms with Crippen LogP contribution in [-0.4, -0.2) is 14.2 Å². The lowest BCUT2D eigenvalue weighted by atomic mass is 10.2. The molecule has 1 aromatic carbocycles. The van der Waals surface area contributed by atoms with Crippen molar-refractivity contribution in [2.45, 2.75) is 6.54 Å². The first-order valence-corrected chi connectivity index (χ1v) is 7.77. The average Bonchev–Trinajstić information content (AvgIpc) is 2.71. The monoisotopic (exact) mass is 301 g/mol. The van der Waals surface area contributed by atoms with Crippen LogP contribution in [0.3, 0.4) is 0 Å². The van der Waals surface area contributed by atoms with Gasteiger partial charge < -0.3 is 9.64 Å². The maximum Gasteiger partial charge on any atom is 0.263 e. The Balaban J connectivity index is 2.13. The van der Waals surface area contributed by atoms with Crippen molar-refractivity contribution in [3.8, 4) is 5.75 Å². The quantitative estimate of drug-likeness (QED) is 0.810. The van der Waals surface area contributed by atoms with Crippen molar-refractivity contribution in [2.24, 2.45) is 0 Å². The lowest BCUT2D eigenvalue weighted by molar-refractivity contribution is 0.414. The van der Waals surface area contributed by atoms with E-state index in [0.29, 0.717) is 11.6 Å². The molecule has 0 saturated heterocycles. The molecule has 3 nitrogen and oxygen atoms in total. The highest BCUT2D eigenvalue weighted by Crippen LogP contribution is 2.31. The van der Waals surface area contributed by atoms with Crippen LogP contribution in [0.5, 0.6) is 5.75 Å². The lowest BCUT2D eigenvalue weighted by Crippen LogP contribution is -2.16. The second kappa shape index (κ2) is 5.73. The number of anilines is 1. The molecule has 0 aliphatic rings. The number of ether oxygens (including phenoxy) is 1. The molecule has 0 N–H and O–H groups in total. The summed E-state index contributed by atoms with van der Waals surface area (Å²) in [7, 11) is 6.15. The zero-order valence-electron chi connectivity index (χ0n) is 9.97. The molecule has 96 valence electrons. The highest BCUT2D eigenvalue weighted by atomic mass is 35.5. The van der Waals surface area contributed by atoms with Crippen LogP contribution in [0.2, 0.25) is 5.02 Å². The largest absolute Gasteiger partial charge is 0.497 e. The third kappa shape index (κ3) is 2.85. The van der Waals surface area contributed by atoms with E-state index in [1.54, 1.807) is 7.11 Å². The molecule has 0 radical (unpaired) electrons. The Morgan fingerprint density at radius 1 is 1.28 bits per heavy atom. The molecule has 0 spiro atoms. The Kier molecular flexibility index (Phi) is 4.27. The van der Waals surface area contributed by atoms with Crippen LogP contribution < -0.4 is 14.4 Å². The number of benzene rings is 1. The molecule has 1 heterocycles. The second-order valence-electron chi connectivity index (χ2n) is 3.78. The maximum atomic E-state index is 11.3. The number of hydrogen-bond acceptors (Lipinski definition) is 5. The molecular weight excluding hydrogens is 290 g/mol. The number of rotatable bonds is 4. The molecule has 0 unspecified atom stereocenters. The molecule has 6 heteroatoms. The Morgan fingerprint density at radius 2 is 1.94 bits per heavy atom. The summed E-state index contributed by atoms with van der Waals surface area (Å²) in [5.74, 6) is 0.833. The summed E-state index contributed by atoms with van der Waals surface area (Å²) in [6.07, 6.45) is 0. The van der Waals surface area contributed by atoms with Gasteiger partial charge in [0, 0.05) is 13.6 Å². The molecule has 0 aliphatic heterocycles. The van der Waals surface area contributed by atoms with Gasteiger partial charge in [-0.15, -0.1) is 0 Å². The average molecular weight is 302 g/mol. The molecule has 0 saturated carbocycles. The third-order valence-electron chi connectivity index (χ3n) is 2.49. The first kappa shape index (κ1) is 13.4. The van der Waals surface area contributed by atoms with E-state index in [-0.39, 0.29) is 4.74 Å². The zero-order chi connectivity index (χ0) is 13.1. The van der Waals surface area contributed by atoms with Gasteiger partial charge in [-0.2, -0.15) is 0 Å². The smallest absolute Gasteiger partial charge is 0.263 e. The summed E-state index contributed by atoms with van der Waals surface area (Å²) in [4.78, 5) is 13.3. The molecule has 0 fully saturated rings. The summed E-state index contributed by atoms with van der Waals surface area (Å²) >= 11 is 5.96. The molecular formula is C12H12ClNO2S2. The lowest BCUT2D eigenvalue weighted by Gasteiger charge is -2.17. The van der Waals surface area contributed by atoms with Crippen LogP contribution >= 0.6 is 32.3 Å². The molecule has 1 aromatic heterocycles. The van der Waals surface area contributed by atoms with Gasteiger partial charge in [0.1, 0.15) is 15.8 Å². The van der Waals surface area contributed by atoms with Crippen molar-refractivity contribution >= 4 is 37.3 Å². The summed E-state index contributed by atoms with van der Waals surface area (Å²) in [5, 5.41) is 1.14. The first-order chi connectivity index (χ1) is 8.61. The van der Waals surface area contributed by atoms with Crippen LogP contribution in [0.1, 0.15) is 5.56 Å². The van der Waals surface area contributed by atoms with Gasteiger partial charge in [-0.05, 0) is 28.0 Å². The van der Waals surface area contributed by atoms with E-state index in [2.05, 4.69) is 0 Å². The summed E-state index contributed by atoms with van der Waals surface area (Å²) < 4.78 is 5.04. The Bertz CT molecular complexity index is 577. The van der Waals surface area contributed by atoms with E-state index < -0.39 is 0 Å². The van der Waals surface area contributed by atoms with Gasteiger partial charge in [0.2, 0.25) is 0 Å². The van der Waals surface area contributed by atoms with Crippen LogP contribution in [-0.2, 0) is 6.54 Å². The minimum absolute atomic E-state index is 0.0711. The summed E-state index contributed by atoms with van der Waals surface area (Å²) in [6, 6.07) is 7.83. The van der Waals surface area contributed by atoms with Gasteiger partial charge in [-0.1, -0.05) is 34.1 Å². The van der Waals surface area contributed by atoms with Crippen LogP contribution in [0.25, 0.3) is 0 Å². The van der Waals surface area contributed by atoms with Crippen molar-refractivity contribution in [2.75, 3.05) is 19.1 Å². The summed E-state index contributed by atoms with van der Waals surface area (Å²) in [6.45, 7) is 0.705. The van der Waals surface area contributed by atoms with E-state index >= 15 is 0 Å². The molecule has 0 bridgehead atoms. The summed E-state index contributed by atoms with van der Waals surface area (Å²) in [5.41, 5.74) is 1.14. The van der Waals surface area contributed by atoms with Crippen molar-refractivity contribution in [1.82, 2.24) is 0 Å². The van der Waals surface area contributed by atoms with Crippen molar-refractivity contribution < 1.29 is 4.74 Å². The SMILES string of the molecule is COc1ccc(CN(C)c2ssc(=O)c2Cl)cc1. The van der Waals surface area contributed by atoms with Crippen LogP contribution in [0.4, 0.5) is 5.00 Å². The normalized spacial score (nSPS) is 10.4. The Hall–Kier alpha value is -1.04. The Morgan fingerprint density at radius 3 is 2.44 bits per heavy atom. The Labute approximate surface area is 118 Å². The minimum atomic E-state index is -0.0711. The minimum Gasteiger partial charge on any atom is -0.497 e. The maximum absolute atomic E-state index is 11.3. The topological polar surface area (TPSA) is 29.5 Å². The van der Waals surface area contributed by atoms with E-state index in [9.17, 15) is 4.79 Å². The number of halogens is 1. The molecule has 0 atom stereocenters. The molecule has 0 aliphatic carbocycles. The van der Waals surface area contributed by atoms with Gasteiger partial charge in [0.25, 0.3) is 4.74 Å². The highest BCUT2D eigenvalue weighted by molar-refractivity contribution is 7.70.